The highest BCUT2D eigenvalue weighted by Crippen LogP contribution is 2.76. The van der Waals surface area contributed by atoms with E-state index < -0.39 is 5.60 Å². The van der Waals surface area contributed by atoms with E-state index in [1.54, 1.807) is 0 Å². The molecule has 0 aliphatic heterocycles. The molecule has 4 aliphatic carbocycles. The van der Waals surface area contributed by atoms with Gasteiger partial charge >= 0.3 is 0 Å². The number of fused-ring (bicyclic) bond motifs is 3. The number of aliphatic hydroxyl groups is 1. The average molecular weight is 249 g/mol. The molecule has 0 aromatic carbocycles. The Balaban J connectivity index is 1.68. The topological polar surface area (TPSA) is 49.7 Å². The lowest BCUT2D eigenvalue weighted by molar-refractivity contribution is 0.00441. The van der Waals surface area contributed by atoms with Gasteiger partial charge in [-0.15, -0.1) is 0 Å². The maximum atomic E-state index is 11.3. The maximum Gasteiger partial charge on any atom is 0.106 e. The summed E-state index contributed by atoms with van der Waals surface area (Å²) < 4.78 is 0. The smallest absolute Gasteiger partial charge is 0.106 e. The van der Waals surface area contributed by atoms with E-state index in [-0.39, 0.29) is 5.54 Å². The molecule has 3 nitrogen and oxygen atoms in total. The molecule has 8 atom stereocenters. The number of hydrogen-bond donors (Lipinski definition) is 1. The summed E-state index contributed by atoms with van der Waals surface area (Å²) in [6.45, 7) is 4.11. The molecule has 6 unspecified atom stereocenters. The molecule has 4 aliphatic rings. The first kappa shape index (κ1) is 11.4. The quantitative estimate of drug-likeness (QED) is 0.726. The summed E-state index contributed by atoms with van der Waals surface area (Å²) in [5, 5.41) is 14.0. The second kappa shape index (κ2) is 3.17. The summed E-state index contributed by atoms with van der Waals surface area (Å²) in [5.41, 5.74) is -0.745. The van der Waals surface area contributed by atoms with Gasteiger partial charge in [-0.1, -0.05) is 11.6 Å². The van der Waals surface area contributed by atoms with Crippen molar-refractivity contribution in [2.75, 3.05) is 0 Å². The summed E-state index contributed by atoms with van der Waals surface area (Å²) in [6.07, 6.45) is 5.39. The maximum absolute atomic E-state index is 11.3. The summed E-state index contributed by atoms with van der Waals surface area (Å²) in [6, 6.07) is 0. The minimum absolute atomic E-state index is 0.271. The first-order valence-electron chi connectivity index (χ1n) is 7.55. The highest BCUT2D eigenvalue weighted by atomic mass is 16.3. The van der Waals surface area contributed by atoms with Gasteiger partial charge in [0.05, 0.1) is 5.60 Å². The Bertz CT molecular complexity index is 407. The molecule has 4 fully saturated rings. The van der Waals surface area contributed by atoms with Crippen molar-refractivity contribution in [2.45, 2.75) is 57.1 Å². The molecule has 4 saturated carbocycles. The van der Waals surface area contributed by atoms with E-state index >= 15 is 0 Å². The van der Waals surface area contributed by atoms with Crippen molar-refractivity contribution < 1.29 is 5.11 Å². The predicted molar refractivity (Wildman–Crippen MR) is 68.8 cm³/mol. The second-order valence-electron chi connectivity index (χ2n) is 7.85. The lowest BCUT2D eigenvalue weighted by Crippen LogP contribution is -2.37. The van der Waals surface area contributed by atoms with Gasteiger partial charge in [-0.2, -0.15) is 4.91 Å². The summed E-state index contributed by atoms with van der Waals surface area (Å²) in [7, 11) is 0. The van der Waals surface area contributed by atoms with Crippen LogP contribution in [0, 0.1) is 40.4 Å². The van der Waals surface area contributed by atoms with E-state index in [1.807, 2.05) is 6.92 Å². The second-order valence-corrected chi connectivity index (χ2v) is 7.85. The van der Waals surface area contributed by atoms with Crippen LogP contribution >= 0.6 is 0 Å². The molecule has 0 aromatic rings. The molecular formula is C15H23NO2. The van der Waals surface area contributed by atoms with Crippen LogP contribution in [0.4, 0.5) is 0 Å². The summed E-state index contributed by atoms with van der Waals surface area (Å²) in [4.78, 5) is 11.3. The zero-order valence-corrected chi connectivity index (χ0v) is 11.3. The van der Waals surface area contributed by atoms with E-state index in [0.717, 1.165) is 25.2 Å². The molecule has 0 bridgehead atoms. The van der Waals surface area contributed by atoms with Gasteiger partial charge in [-0.3, -0.25) is 0 Å². The van der Waals surface area contributed by atoms with E-state index in [0.29, 0.717) is 29.6 Å². The van der Waals surface area contributed by atoms with Crippen LogP contribution in [0.5, 0.6) is 0 Å². The minimum atomic E-state index is -0.474. The van der Waals surface area contributed by atoms with Gasteiger partial charge in [0.2, 0.25) is 0 Å². The molecule has 18 heavy (non-hydrogen) atoms. The SMILES string of the molecule is CC1(N=O)C2C3CCC[C@](C)(O)CC(C32)[C@@H]2CC21. The summed E-state index contributed by atoms with van der Waals surface area (Å²) >= 11 is 0. The van der Waals surface area contributed by atoms with Crippen LogP contribution in [0.2, 0.25) is 0 Å². The molecule has 1 N–H and O–H groups in total. The van der Waals surface area contributed by atoms with Crippen LogP contribution in [0.1, 0.15) is 46.0 Å². The summed E-state index contributed by atoms with van der Waals surface area (Å²) in [5.74, 6) is 3.86. The molecule has 3 heteroatoms. The fraction of sp³-hybridized carbons (Fsp3) is 1.00. The Hall–Kier alpha value is -0.440. The first-order chi connectivity index (χ1) is 8.48. The lowest BCUT2D eigenvalue weighted by atomic mass is 9.73. The Morgan fingerprint density at radius 1 is 1.22 bits per heavy atom. The molecule has 0 aromatic heterocycles. The van der Waals surface area contributed by atoms with Crippen molar-refractivity contribution >= 4 is 0 Å². The van der Waals surface area contributed by atoms with Crippen molar-refractivity contribution in [1.82, 2.24) is 0 Å². The van der Waals surface area contributed by atoms with Gasteiger partial charge in [-0.05, 0) is 75.0 Å². The molecule has 100 valence electrons. The zero-order valence-electron chi connectivity index (χ0n) is 11.3. The standard InChI is InChI=1S/C15H23NO2/c1-14(17)5-3-4-8-12-10(7-14)9-6-11(9)15(2,16-18)13(8)12/h8-13,17H,3-7H2,1-2H3/t8?,9-,10?,11?,12?,13?,14-,15?/m0/s1. The Kier molecular flexibility index (Phi) is 2.01. The third-order valence-electron chi connectivity index (χ3n) is 6.66. The van der Waals surface area contributed by atoms with Crippen molar-refractivity contribution in [2.24, 2.45) is 40.7 Å². The predicted octanol–water partition coefficient (Wildman–Crippen LogP) is 2.96. The molecular weight excluding hydrogens is 226 g/mol. The third kappa shape index (κ3) is 1.29. The van der Waals surface area contributed by atoms with Crippen LogP contribution in [0.25, 0.3) is 0 Å². The average Bonchev–Trinajstić information content (AvgIpc) is 3.15. The fourth-order valence-corrected chi connectivity index (χ4v) is 5.82. The normalized spacial score (nSPS) is 65.1. The van der Waals surface area contributed by atoms with Crippen LogP contribution in [-0.4, -0.2) is 16.2 Å². The van der Waals surface area contributed by atoms with Gasteiger partial charge in [0.15, 0.2) is 0 Å². The van der Waals surface area contributed by atoms with Crippen molar-refractivity contribution in [3.63, 3.8) is 0 Å². The van der Waals surface area contributed by atoms with Crippen molar-refractivity contribution in [1.29, 1.82) is 0 Å². The Morgan fingerprint density at radius 2 is 2.00 bits per heavy atom. The van der Waals surface area contributed by atoms with Crippen molar-refractivity contribution in [3.8, 4) is 0 Å². The molecule has 0 spiro atoms. The van der Waals surface area contributed by atoms with Gasteiger partial charge in [0, 0.05) is 0 Å². The van der Waals surface area contributed by atoms with Gasteiger partial charge in [-0.25, -0.2) is 0 Å². The monoisotopic (exact) mass is 249 g/mol. The van der Waals surface area contributed by atoms with Gasteiger partial charge in [0.1, 0.15) is 5.54 Å². The minimum Gasteiger partial charge on any atom is -0.390 e. The van der Waals surface area contributed by atoms with E-state index in [9.17, 15) is 10.0 Å². The van der Waals surface area contributed by atoms with E-state index in [2.05, 4.69) is 12.1 Å². The van der Waals surface area contributed by atoms with E-state index in [4.69, 9.17) is 0 Å². The van der Waals surface area contributed by atoms with Gasteiger partial charge in [0.25, 0.3) is 0 Å². The zero-order chi connectivity index (χ0) is 12.7. The first-order valence-corrected chi connectivity index (χ1v) is 7.55. The molecule has 0 radical (unpaired) electrons. The van der Waals surface area contributed by atoms with Crippen LogP contribution in [0.15, 0.2) is 5.18 Å². The fourth-order valence-electron chi connectivity index (χ4n) is 5.82. The lowest BCUT2D eigenvalue weighted by Gasteiger charge is -2.35. The number of rotatable bonds is 1. The van der Waals surface area contributed by atoms with Crippen LogP contribution in [0.3, 0.4) is 0 Å². The van der Waals surface area contributed by atoms with Crippen LogP contribution < -0.4 is 0 Å². The Morgan fingerprint density at radius 3 is 2.72 bits per heavy atom. The number of nitroso groups, excluding NO2 is 1. The molecule has 4 rings (SSSR count). The number of nitrogens with zero attached hydrogens (tertiary/aromatic N) is 1. The molecule has 0 heterocycles. The molecule has 0 saturated heterocycles. The van der Waals surface area contributed by atoms with Gasteiger partial charge < -0.3 is 5.11 Å². The Labute approximate surface area is 108 Å². The third-order valence-corrected chi connectivity index (χ3v) is 6.66. The van der Waals surface area contributed by atoms with E-state index in [1.165, 1.54) is 12.8 Å². The highest BCUT2D eigenvalue weighted by Gasteiger charge is 2.75. The van der Waals surface area contributed by atoms with Crippen LogP contribution in [-0.2, 0) is 0 Å². The molecule has 0 amide bonds. The van der Waals surface area contributed by atoms with Crippen molar-refractivity contribution in [3.05, 3.63) is 4.91 Å². The number of hydrogen-bond acceptors (Lipinski definition) is 3. The largest absolute Gasteiger partial charge is 0.390 e. The highest BCUT2D eigenvalue weighted by molar-refractivity contribution is 5.25.